The Labute approximate surface area is 125 Å². The largest absolute Gasteiger partial charge is 0.488 e. The zero-order chi connectivity index (χ0) is 13.7. The average molecular weight is 376 g/mol. The summed E-state index contributed by atoms with van der Waals surface area (Å²) in [5, 5.41) is 0. The van der Waals surface area contributed by atoms with Gasteiger partial charge in [-0.1, -0.05) is 13.2 Å². The predicted octanol–water partition coefficient (Wildman–Crippen LogP) is 5.12. The highest BCUT2D eigenvalue weighted by atomic mass is 79.9. The fourth-order valence-electron chi connectivity index (χ4n) is 1.13. The molecule has 0 aliphatic heterocycles. The van der Waals surface area contributed by atoms with Crippen molar-refractivity contribution < 1.29 is 9.47 Å². The molecule has 18 heavy (non-hydrogen) atoms. The van der Waals surface area contributed by atoms with Gasteiger partial charge < -0.3 is 9.47 Å². The van der Waals surface area contributed by atoms with E-state index in [0.29, 0.717) is 13.2 Å². The third kappa shape index (κ3) is 4.86. The van der Waals surface area contributed by atoms with Crippen molar-refractivity contribution in [2.24, 2.45) is 0 Å². The van der Waals surface area contributed by atoms with Crippen LogP contribution in [0.5, 0.6) is 11.5 Å². The maximum atomic E-state index is 5.61. The van der Waals surface area contributed by atoms with Crippen LogP contribution in [0, 0.1) is 0 Å². The van der Waals surface area contributed by atoms with E-state index >= 15 is 0 Å². The predicted molar refractivity (Wildman–Crippen MR) is 82.5 cm³/mol. The molecule has 0 heterocycles. The number of ether oxygens (including phenoxy) is 2. The lowest BCUT2D eigenvalue weighted by Crippen LogP contribution is -2.01. The third-order valence-corrected chi connectivity index (χ3v) is 3.17. The zero-order valence-corrected chi connectivity index (χ0v) is 13.7. The van der Waals surface area contributed by atoms with Crippen LogP contribution in [0.25, 0.3) is 0 Å². The summed E-state index contributed by atoms with van der Waals surface area (Å²) in [6.07, 6.45) is 0. The molecule has 0 aromatic heterocycles. The van der Waals surface area contributed by atoms with Gasteiger partial charge in [-0.05, 0) is 69.0 Å². The molecular formula is C14H16Br2O2. The molecule has 0 aliphatic rings. The van der Waals surface area contributed by atoms with Gasteiger partial charge in [0.15, 0.2) is 0 Å². The van der Waals surface area contributed by atoms with Gasteiger partial charge >= 0.3 is 0 Å². The molecule has 0 fully saturated rings. The molecule has 0 amide bonds. The molecule has 98 valence electrons. The lowest BCUT2D eigenvalue weighted by molar-refractivity contribution is 0.339. The second-order valence-corrected chi connectivity index (χ2v) is 5.91. The summed E-state index contributed by atoms with van der Waals surface area (Å²) in [6.45, 7) is 12.4. The Kier molecular flexibility index (Phi) is 5.96. The Hall–Kier alpha value is -0.740. The lowest BCUT2D eigenvalue weighted by atomic mass is 10.3. The van der Waals surface area contributed by atoms with Crippen molar-refractivity contribution in [3.05, 3.63) is 45.4 Å². The molecule has 1 rings (SSSR count). The molecule has 0 N–H and O–H groups in total. The van der Waals surface area contributed by atoms with E-state index in [1.165, 1.54) is 0 Å². The molecule has 2 nitrogen and oxygen atoms in total. The molecule has 0 unspecified atom stereocenters. The van der Waals surface area contributed by atoms with E-state index in [4.69, 9.17) is 9.47 Å². The van der Waals surface area contributed by atoms with E-state index in [0.717, 1.165) is 31.6 Å². The highest BCUT2D eigenvalue weighted by molar-refractivity contribution is 9.11. The number of rotatable bonds is 6. The molecule has 0 aliphatic carbocycles. The fourth-order valence-corrected chi connectivity index (χ4v) is 2.01. The highest BCUT2D eigenvalue weighted by Crippen LogP contribution is 2.36. The first-order valence-electron chi connectivity index (χ1n) is 5.43. The van der Waals surface area contributed by atoms with Crippen molar-refractivity contribution in [2.75, 3.05) is 13.2 Å². The zero-order valence-electron chi connectivity index (χ0n) is 10.6. The highest BCUT2D eigenvalue weighted by Gasteiger charge is 2.09. The standard InChI is InChI=1S/C14H16Br2O2/c1-9(2)7-17-13-5-12(16)14(6-11(13)15)18-8-10(3)4/h5-6H,1,3,7-8H2,2,4H3. The van der Waals surface area contributed by atoms with E-state index in [1.807, 2.05) is 26.0 Å². The van der Waals surface area contributed by atoms with Gasteiger partial charge in [-0.2, -0.15) is 0 Å². The van der Waals surface area contributed by atoms with Crippen LogP contribution in [-0.2, 0) is 0 Å². The number of halogens is 2. The Morgan fingerprint density at radius 2 is 1.28 bits per heavy atom. The van der Waals surface area contributed by atoms with Gasteiger partial charge in [0.1, 0.15) is 24.7 Å². The van der Waals surface area contributed by atoms with E-state index < -0.39 is 0 Å². The van der Waals surface area contributed by atoms with Crippen LogP contribution in [0.15, 0.2) is 45.4 Å². The molecule has 0 atom stereocenters. The van der Waals surface area contributed by atoms with E-state index in [2.05, 4.69) is 45.0 Å². The van der Waals surface area contributed by atoms with Crippen molar-refractivity contribution >= 4 is 31.9 Å². The van der Waals surface area contributed by atoms with Crippen molar-refractivity contribution in [3.8, 4) is 11.5 Å². The van der Waals surface area contributed by atoms with Crippen LogP contribution < -0.4 is 9.47 Å². The Morgan fingerprint density at radius 1 is 0.944 bits per heavy atom. The van der Waals surface area contributed by atoms with Crippen molar-refractivity contribution in [1.29, 1.82) is 0 Å². The van der Waals surface area contributed by atoms with E-state index in [9.17, 15) is 0 Å². The topological polar surface area (TPSA) is 18.5 Å². The first kappa shape index (κ1) is 15.3. The lowest BCUT2D eigenvalue weighted by Gasteiger charge is -2.12. The van der Waals surface area contributed by atoms with Crippen LogP contribution in [0.3, 0.4) is 0 Å². The minimum atomic E-state index is 0.497. The van der Waals surface area contributed by atoms with E-state index in [-0.39, 0.29) is 0 Å². The molecule has 0 saturated carbocycles. The van der Waals surface area contributed by atoms with Crippen molar-refractivity contribution in [3.63, 3.8) is 0 Å². The van der Waals surface area contributed by atoms with Crippen molar-refractivity contribution in [2.45, 2.75) is 13.8 Å². The molecule has 0 radical (unpaired) electrons. The molecular weight excluding hydrogens is 360 g/mol. The van der Waals surface area contributed by atoms with Gasteiger partial charge in [0.05, 0.1) is 8.95 Å². The second-order valence-electron chi connectivity index (χ2n) is 4.20. The molecule has 0 spiro atoms. The average Bonchev–Trinajstić information content (AvgIpc) is 2.27. The number of benzene rings is 1. The van der Waals surface area contributed by atoms with Gasteiger partial charge in [0.2, 0.25) is 0 Å². The van der Waals surface area contributed by atoms with Crippen LogP contribution in [0.4, 0.5) is 0 Å². The normalized spacial score (nSPS) is 10.0. The second kappa shape index (κ2) is 7.00. The summed E-state index contributed by atoms with van der Waals surface area (Å²) >= 11 is 6.92. The van der Waals surface area contributed by atoms with Gasteiger partial charge in [-0.3, -0.25) is 0 Å². The van der Waals surface area contributed by atoms with Gasteiger partial charge in [0.25, 0.3) is 0 Å². The minimum Gasteiger partial charge on any atom is -0.488 e. The molecule has 1 aromatic carbocycles. The van der Waals surface area contributed by atoms with Gasteiger partial charge in [-0.25, -0.2) is 0 Å². The smallest absolute Gasteiger partial charge is 0.135 e. The van der Waals surface area contributed by atoms with Crippen molar-refractivity contribution in [1.82, 2.24) is 0 Å². The van der Waals surface area contributed by atoms with Crippen LogP contribution in [-0.4, -0.2) is 13.2 Å². The Bertz CT molecular complexity index is 423. The summed E-state index contributed by atoms with van der Waals surface area (Å²) in [4.78, 5) is 0. The summed E-state index contributed by atoms with van der Waals surface area (Å²) in [7, 11) is 0. The number of hydrogen-bond donors (Lipinski definition) is 0. The third-order valence-electron chi connectivity index (χ3n) is 1.93. The molecule has 4 heteroatoms. The molecule has 0 bridgehead atoms. The fraction of sp³-hybridized carbons (Fsp3) is 0.286. The van der Waals surface area contributed by atoms with Crippen LogP contribution in [0.1, 0.15) is 13.8 Å². The monoisotopic (exact) mass is 374 g/mol. The summed E-state index contributed by atoms with van der Waals surface area (Å²) in [5.41, 5.74) is 1.95. The first-order valence-corrected chi connectivity index (χ1v) is 7.02. The molecule has 1 aromatic rings. The van der Waals surface area contributed by atoms with Crippen LogP contribution >= 0.6 is 31.9 Å². The maximum Gasteiger partial charge on any atom is 0.135 e. The summed E-state index contributed by atoms with van der Waals surface area (Å²) in [6, 6.07) is 3.75. The quantitative estimate of drug-likeness (QED) is 0.642. The maximum absolute atomic E-state index is 5.61. The SMILES string of the molecule is C=C(C)COc1cc(Br)c(OCC(=C)C)cc1Br. The summed E-state index contributed by atoms with van der Waals surface area (Å²) < 4.78 is 12.9. The number of hydrogen-bond acceptors (Lipinski definition) is 2. The van der Waals surface area contributed by atoms with Gasteiger partial charge in [-0.15, -0.1) is 0 Å². The molecule has 0 saturated heterocycles. The van der Waals surface area contributed by atoms with Crippen LogP contribution in [0.2, 0.25) is 0 Å². The Morgan fingerprint density at radius 3 is 1.56 bits per heavy atom. The summed E-state index contributed by atoms with van der Waals surface area (Å²) in [5.74, 6) is 1.51. The minimum absolute atomic E-state index is 0.497. The van der Waals surface area contributed by atoms with Gasteiger partial charge in [0, 0.05) is 0 Å². The van der Waals surface area contributed by atoms with E-state index in [1.54, 1.807) is 0 Å². The Balaban J connectivity index is 2.82. The first-order chi connectivity index (χ1) is 8.40.